The minimum atomic E-state index is -3.69. The number of hydrogen-bond acceptors (Lipinski definition) is 4. The topological polar surface area (TPSA) is 88.4 Å². The van der Waals surface area contributed by atoms with E-state index in [1.165, 1.54) is 30.5 Å². The van der Waals surface area contributed by atoms with Gasteiger partial charge in [0.05, 0.1) is 23.7 Å². The molecule has 0 radical (unpaired) electrons. The van der Waals surface area contributed by atoms with Gasteiger partial charge < -0.3 is 9.73 Å². The first-order valence-corrected chi connectivity index (χ1v) is 9.92. The van der Waals surface area contributed by atoms with Crippen LogP contribution in [-0.2, 0) is 16.6 Å². The summed E-state index contributed by atoms with van der Waals surface area (Å²) in [5, 5.41) is 2.90. The lowest BCUT2D eigenvalue weighted by molar-refractivity contribution is 0.0940. The lowest BCUT2D eigenvalue weighted by Gasteiger charge is -2.14. The maximum Gasteiger partial charge on any atom is 0.251 e. The number of amides is 1. The SMILES string of the molecule is C[C@H](NC(=O)c1ccc(S(=O)(=O)NCc2ccco2)cc1)c1ccccc1. The van der Waals surface area contributed by atoms with Gasteiger partial charge >= 0.3 is 0 Å². The van der Waals surface area contributed by atoms with Gasteiger partial charge in [-0.15, -0.1) is 0 Å². The van der Waals surface area contributed by atoms with E-state index in [-0.39, 0.29) is 23.4 Å². The van der Waals surface area contributed by atoms with Gasteiger partial charge in [-0.3, -0.25) is 4.79 Å². The Labute approximate surface area is 158 Å². The van der Waals surface area contributed by atoms with Crippen LogP contribution in [-0.4, -0.2) is 14.3 Å². The van der Waals surface area contributed by atoms with Crippen LogP contribution in [0.1, 0.15) is 34.6 Å². The molecular weight excluding hydrogens is 364 g/mol. The lowest BCUT2D eigenvalue weighted by Crippen LogP contribution is -2.27. The second-order valence-corrected chi connectivity index (χ2v) is 7.80. The molecule has 7 heteroatoms. The van der Waals surface area contributed by atoms with Crippen molar-refractivity contribution in [2.75, 3.05) is 0 Å². The predicted octanol–water partition coefficient (Wildman–Crippen LogP) is 3.25. The molecule has 0 spiro atoms. The molecule has 3 rings (SSSR count). The van der Waals surface area contributed by atoms with Crippen LogP contribution in [0.3, 0.4) is 0 Å². The molecule has 6 nitrogen and oxygen atoms in total. The van der Waals surface area contributed by atoms with Crippen molar-refractivity contribution >= 4 is 15.9 Å². The summed E-state index contributed by atoms with van der Waals surface area (Å²) in [4.78, 5) is 12.5. The van der Waals surface area contributed by atoms with Gasteiger partial charge in [0, 0.05) is 5.56 Å². The zero-order valence-electron chi connectivity index (χ0n) is 14.8. The van der Waals surface area contributed by atoms with Crippen molar-refractivity contribution in [2.45, 2.75) is 24.4 Å². The molecule has 1 amide bonds. The second kappa shape index (κ2) is 8.20. The standard InChI is InChI=1S/C20H20N2O4S/c1-15(16-6-3-2-4-7-16)22-20(23)17-9-11-19(12-10-17)27(24,25)21-14-18-8-5-13-26-18/h2-13,15,21H,14H2,1H3,(H,22,23)/t15-/m0/s1. The van der Waals surface area contributed by atoms with Crippen LogP contribution in [0.5, 0.6) is 0 Å². The Morgan fingerprint density at radius 3 is 2.33 bits per heavy atom. The Hall–Kier alpha value is -2.90. The van der Waals surface area contributed by atoms with E-state index in [9.17, 15) is 13.2 Å². The van der Waals surface area contributed by atoms with Crippen LogP contribution in [0.2, 0.25) is 0 Å². The zero-order valence-corrected chi connectivity index (χ0v) is 15.6. The molecule has 0 aliphatic rings. The molecule has 140 valence electrons. The molecule has 0 saturated heterocycles. The summed E-state index contributed by atoms with van der Waals surface area (Å²) in [7, 11) is -3.69. The molecule has 0 bridgehead atoms. The quantitative estimate of drug-likeness (QED) is 0.654. The van der Waals surface area contributed by atoms with Crippen LogP contribution in [0.25, 0.3) is 0 Å². The number of sulfonamides is 1. The highest BCUT2D eigenvalue weighted by molar-refractivity contribution is 7.89. The van der Waals surface area contributed by atoms with Crippen LogP contribution in [0.15, 0.2) is 82.3 Å². The van der Waals surface area contributed by atoms with Crippen molar-refractivity contribution in [3.63, 3.8) is 0 Å². The highest BCUT2D eigenvalue weighted by atomic mass is 32.2. The summed E-state index contributed by atoms with van der Waals surface area (Å²) in [6.07, 6.45) is 1.48. The zero-order chi connectivity index (χ0) is 19.3. The summed E-state index contributed by atoms with van der Waals surface area (Å²) >= 11 is 0. The molecule has 0 aliphatic heterocycles. The predicted molar refractivity (Wildman–Crippen MR) is 101 cm³/mol. The Bertz CT molecular complexity index is 982. The van der Waals surface area contributed by atoms with E-state index in [1.807, 2.05) is 37.3 Å². The number of nitrogens with one attached hydrogen (secondary N) is 2. The molecule has 27 heavy (non-hydrogen) atoms. The Morgan fingerprint density at radius 1 is 1.00 bits per heavy atom. The number of carbonyl (C=O) groups excluding carboxylic acids is 1. The first-order chi connectivity index (χ1) is 13.0. The van der Waals surface area contributed by atoms with Crippen LogP contribution in [0.4, 0.5) is 0 Å². The molecule has 0 aliphatic carbocycles. The number of rotatable bonds is 7. The van der Waals surface area contributed by atoms with Gasteiger partial charge in [-0.05, 0) is 48.9 Å². The van der Waals surface area contributed by atoms with E-state index in [0.717, 1.165) is 5.56 Å². The van der Waals surface area contributed by atoms with Crippen molar-refractivity contribution in [1.82, 2.24) is 10.0 Å². The third-order valence-electron chi connectivity index (χ3n) is 4.09. The van der Waals surface area contributed by atoms with Gasteiger partial charge in [0.1, 0.15) is 5.76 Å². The van der Waals surface area contributed by atoms with Crippen LogP contribution < -0.4 is 10.0 Å². The maximum atomic E-state index is 12.4. The van der Waals surface area contributed by atoms with Crippen molar-refractivity contribution in [1.29, 1.82) is 0 Å². The van der Waals surface area contributed by atoms with Crippen molar-refractivity contribution in [2.24, 2.45) is 0 Å². The third-order valence-corrected chi connectivity index (χ3v) is 5.51. The Morgan fingerprint density at radius 2 is 1.70 bits per heavy atom. The van der Waals surface area contributed by atoms with Crippen molar-refractivity contribution in [3.8, 4) is 0 Å². The van der Waals surface area contributed by atoms with Crippen molar-refractivity contribution < 1.29 is 17.6 Å². The largest absolute Gasteiger partial charge is 0.468 e. The molecule has 1 atom stereocenters. The molecule has 0 saturated carbocycles. The van der Waals surface area contributed by atoms with Gasteiger partial charge in [-0.2, -0.15) is 0 Å². The van der Waals surface area contributed by atoms with E-state index < -0.39 is 10.0 Å². The number of furan rings is 1. The fourth-order valence-corrected chi connectivity index (χ4v) is 3.55. The third kappa shape index (κ3) is 4.84. The Balaban J connectivity index is 1.64. The average molecular weight is 384 g/mol. The average Bonchev–Trinajstić information content (AvgIpc) is 3.21. The van der Waals surface area contributed by atoms with E-state index in [2.05, 4.69) is 10.0 Å². The monoisotopic (exact) mass is 384 g/mol. The van der Waals surface area contributed by atoms with Gasteiger partial charge in [0.15, 0.2) is 0 Å². The summed E-state index contributed by atoms with van der Waals surface area (Å²) < 4.78 is 32.2. The molecule has 2 N–H and O–H groups in total. The highest BCUT2D eigenvalue weighted by Crippen LogP contribution is 2.15. The van der Waals surface area contributed by atoms with Crippen LogP contribution >= 0.6 is 0 Å². The summed E-state index contributed by atoms with van der Waals surface area (Å²) in [6, 6.07) is 18.6. The minimum Gasteiger partial charge on any atom is -0.468 e. The molecule has 0 fully saturated rings. The van der Waals surface area contributed by atoms with E-state index >= 15 is 0 Å². The molecule has 3 aromatic rings. The van der Waals surface area contributed by atoms with Gasteiger partial charge in [-0.25, -0.2) is 13.1 Å². The van der Waals surface area contributed by atoms with E-state index in [4.69, 9.17) is 4.42 Å². The molecule has 1 aromatic heterocycles. The molecule has 0 unspecified atom stereocenters. The molecule has 1 heterocycles. The minimum absolute atomic E-state index is 0.0617. The molecule has 2 aromatic carbocycles. The summed E-state index contributed by atoms with van der Waals surface area (Å²) in [5.74, 6) is 0.253. The lowest BCUT2D eigenvalue weighted by atomic mass is 10.1. The van der Waals surface area contributed by atoms with Gasteiger partial charge in [0.2, 0.25) is 10.0 Å². The smallest absolute Gasteiger partial charge is 0.251 e. The van der Waals surface area contributed by atoms with E-state index in [1.54, 1.807) is 12.1 Å². The normalized spacial score (nSPS) is 12.5. The fraction of sp³-hybridized carbons (Fsp3) is 0.150. The van der Waals surface area contributed by atoms with Crippen LogP contribution in [0, 0.1) is 0 Å². The highest BCUT2D eigenvalue weighted by Gasteiger charge is 2.16. The Kier molecular flexibility index (Phi) is 5.73. The number of hydrogen-bond donors (Lipinski definition) is 2. The summed E-state index contributed by atoms with van der Waals surface area (Å²) in [5.41, 5.74) is 1.38. The second-order valence-electron chi connectivity index (χ2n) is 6.03. The van der Waals surface area contributed by atoms with Crippen molar-refractivity contribution in [3.05, 3.63) is 89.9 Å². The maximum absolute atomic E-state index is 12.4. The number of carbonyl (C=O) groups is 1. The fourth-order valence-electron chi connectivity index (χ4n) is 2.55. The number of benzene rings is 2. The summed E-state index contributed by atoms with van der Waals surface area (Å²) in [6.45, 7) is 1.96. The first kappa shape index (κ1) is 18.9. The van der Waals surface area contributed by atoms with E-state index in [0.29, 0.717) is 11.3 Å². The van der Waals surface area contributed by atoms with Gasteiger partial charge in [0.25, 0.3) is 5.91 Å². The first-order valence-electron chi connectivity index (χ1n) is 8.43. The van der Waals surface area contributed by atoms with Gasteiger partial charge in [-0.1, -0.05) is 30.3 Å². The molecular formula is C20H20N2O4S.